The minimum atomic E-state index is -0.951. The van der Waals surface area contributed by atoms with E-state index >= 15 is 0 Å². The lowest BCUT2D eigenvalue weighted by molar-refractivity contribution is -0.193. The third-order valence-corrected chi connectivity index (χ3v) is 18.0. The molecule has 0 aliphatic rings. The fraction of sp³-hybridized carbons (Fsp3) is 0.130. The lowest BCUT2D eigenvalue weighted by Gasteiger charge is -2.05. The summed E-state index contributed by atoms with van der Waals surface area (Å²) in [5.74, 6) is 4.09. The largest absolute Gasteiger partial charge is 0.478 e. The summed E-state index contributed by atoms with van der Waals surface area (Å²) in [6.07, 6.45) is 21.7. The van der Waals surface area contributed by atoms with Gasteiger partial charge in [-0.15, -0.1) is 20.4 Å². The Labute approximate surface area is 660 Å². The maximum Gasteiger partial charge on any atom is 0.373 e. The normalized spacial score (nSPS) is 10.9. The number of carbonyl (C=O) groups is 1. The van der Waals surface area contributed by atoms with Crippen molar-refractivity contribution >= 4 is 115 Å². The number of anilines is 4. The van der Waals surface area contributed by atoms with Crippen molar-refractivity contribution in [1.29, 1.82) is 0 Å². The molecule has 20 rings (SSSR count). The third-order valence-electron chi connectivity index (χ3n) is 18.0. The van der Waals surface area contributed by atoms with Crippen molar-refractivity contribution in [2.75, 3.05) is 22.9 Å². The van der Waals surface area contributed by atoms with Crippen LogP contribution in [0.1, 0.15) is 45.1 Å². The van der Waals surface area contributed by atoms with Gasteiger partial charge in [-0.05, 0) is 127 Å². The molecule has 0 unspecified atom stereocenters. The number of carbonyl (C=O) groups excluding carboxylic acids is 6. The van der Waals surface area contributed by atoms with Crippen molar-refractivity contribution in [1.82, 2.24) is 122 Å². The van der Waals surface area contributed by atoms with E-state index in [0.29, 0.717) is 130 Å². The van der Waals surface area contributed by atoms with Gasteiger partial charge < -0.3 is 45.7 Å². The van der Waals surface area contributed by atoms with Crippen molar-refractivity contribution in [3.05, 3.63) is 235 Å². The van der Waals surface area contributed by atoms with Crippen LogP contribution in [0.3, 0.4) is 0 Å². The predicted molar refractivity (Wildman–Crippen MR) is 414 cm³/mol. The second-order valence-electron chi connectivity index (χ2n) is 25.2. The average Bonchev–Trinajstić information content (AvgIpc) is 1.62. The van der Waals surface area contributed by atoms with Crippen LogP contribution >= 0.6 is 0 Å². The highest BCUT2D eigenvalue weighted by molar-refractivity contribution is 5.93. The molecule has 0 radical (unpaired) electrons. The zero-order chi connectivity index (χ0) is 82.2. The van der Waals surface area contributed by atoms with E-state index in [1.54, 1.807) is 121 Å². The van der Waals surface area contributed by atoms with E-state index in [1.165, 1.54) is 34.8 Å². The van der Waals surface area contributed by atoms with Crippen molar-refractivity contribution in [3.63, 3.8) is 0 Å². The van der Waals surface area contributed by atoms with Gasteiger partial charge in [0.25, 0.3) is 0 Å². The molecule has 0 amide bonds. The van der Waals surface area contributed by atoms with E-state index in [4.69, 9.17) is 74.5 Å². The third kappa shape index (κ3) is 16.9. The highest BCUT2D eigenvalue weighted by Crippen LogP contribution is 2.29. The molecule has 41 nitrogen and oxygen atoms in total. The molecule has 118 heavy (non-hydrogen) atoms. The van der Waals surface area contributed by atoms with Gasteiger partial charge in [0.05, 0.1) is 76.9 Å². The standard InChI is InChI=1S/C20H19N7O.C19H15N7O3.C18H15N7O.C17H14N8O.3CO2/c1-2-13-5-7-14(8-6-13)9-10-26-18-15(12-22-26)19-23-17(16-4-3-11-28-16)25-27(19)20(21)24-18;20-19-23-16-13(17-22-15(24-26(17)19)14-5-2-8-29-14)10-21-25(16)7-6-11-3-1-4-12(9-11)18(27)28;19-18-22-16-13(11-20-24(16)9-8-12-5-2-1-3-6-12)17-21-15(23-25(17)18)14-7-4-10-26-14;18-17-22-15-12(10-20-24(15)7-5-11-3-1-6-19-9-11)16-21-14(23-25(16)17)13-4-2-8-26-13;3*2-1-3/h3-8,11-12H,2,9-10H2,1H3,(H2,21,24);1-5,8-10H,6-7H2,(H2,20,23)(H,27,28);1-7,10-11H,8-9H2,(H2,19,22);1-4,6,8-10H,5,7H2,(H2,18,22);;;. The summed E-state index contributed by atoms with van der Waals surface area (Å²) in [6, 6.07) is 44.0. The number of carboxylic acids is 1. The molecule has 41 heteroatoms. The molecule has 9 N–H and O–H groups in total. The predicted octanol–water partition coefficient (Wildman–Crippen LogP) is 8.14. The summed E-state index contributed by atoms with van der Waals surface area (Å²) in [5.41, 5.74) is 35.6. The summed E-state index contributed by atoms with van der Waals surface area (Å²) in [6.45, 7) is 4.74. The van der Waals surface area contributed by atoms with Gasteiger partial charge in [-0.3, -0.25) is 4.98 Å². The topological polar surface area (TPSA) is 553 Å². The first-order valence-electron chi connectivity index (χ1n) is 35.6. The first kappa shape index (κ1) is 77.5. The summed E-state index contributed by atoms with van der Waals surface area (Å²) in [5, 5.41) is 47.6. The number of rotatable bonds is 18. The van der Waals surface area contributed by atoms with E-state index < -0.39 is 5.97 Å². The van der Waals surface area contributed by atoms with Crippen LogP contribution in [-0.4, -0.2) is 152 Å². The van der Waals surface area contributed by atoms with Crippen LogP contribution < -0.4 is 22.9 Å². The Morgan fingerprint density at radius 3 is 0.983 bits per heavy atom. The SMILES string of the molecule is CCc1ccc(CCn2ncc3c2nc(N)n2nc(-c4ccco4)nc32)cc1.Nc1nc2c(cnn2CCc2cccc(C(=O)O)c2)c2nc(-c3ccco3)nn12.Nc1nc2c(cnn2CCc2ccccc2)c2nc(-c3ccco3)nn12.Nc1nc2c(cnn2CCc2cccnc2)c2nc(-c3ccco3)nn12.O=C=O.O=C=O.O=C=O. The van der Waals surface area contributed by atoms with Gasteiger partial charge >= 0.3 is 24.4 Å². The molecule has 3 aromatic carbocycles. The van der Waals surface area contributed by atoms with Gasteiger partial charge in [-0.1, -0.05) is 79.7 Å². The summed E-state index contributed by atoms with van der Waals surface area (Å²) in [7, 11) is 0. The van der Waals surface area contributed by atoms with Gasteiger partial charge in [0.15, 0.2) is 68.2 Å². The van der Waals surface area contributed by atoms with Gasteiger partial charge in [-0.2, -0.15) is 87.2 Å². The zero-order valence-electron chi connectivity index (χ0n) is 61.8. The number of benzene rings is 3. The van der Waals surface area contributed by atoms with Crippen LogP contribution in [0.15, 0.2) is 219 Å². The monoisotopic (exact) mass is 1590 g/mol. The number of aromatic nitrogens is 25. The lowest BCUT2D eigenvalue weighted by Crippen LogP contribution is -2.08. The molecule has 0 saturated carbocycles. The second kappa shape index (κ2) is 35.5. The second-order valence-corrected chi connectivity index (χ2v) is 25.2. The molecular weight excluding hydrogens is 1520 g/mol. The fourth-order valence-corrected chi connectivity index (χ4v) is 12.5. The van der Waals surface area contributed by atoms with Crippen molar-refractivity contribution in [2.24, 2.45) is 0 Å². The fourth-order valence-electron chi connectivity index (χ4n) is 12.5. The van der Waals surface area contributed by atoms with Crippen molar-refractivity contribution in [3.8, 4) is 46.3 Å². The van der Waals surface area contributed by atoms with Crippen LogP contribution in [0, 0.1) is 0 Å². The number of hydrogen-bond donors (Lipinski definition) is 5. The summed E-state index contributed by atoms with van der Waals surface area (Å²) < 4.78 is 34.7. The Bertz CT molecular complexity index is 6710. The first-order valence-corrected chi connectivity index (χ1v) is 35.6. The molecule has 17 aromatic heterocycles. The highest BCUT2D eigenvalue weighted by Gasteiger charge is 2.23. The Morgan fingerprint density at radius 2 is 0.669 bits per heavy atom. The number of fused-ring (bicyclic) bond motifs is 12. The maximum atomic E-state index is 11.1. The Balaban J connectivity index is 0.000000125. The zero-order valence-corrected chi connectivity index (χ0v) is 61.8. The smallest absolute Gasteiger partial charge is 0.373 e. The first-order chi connectivity index (χ1) is 57.7. The van der Waals surface area contributed by atoms with E-state index in [-0.39, 0.29) is 47.8 Å². The summed E-state index contributed by atoms with van der Waals surface area (Å²) in [4.78, 5) is 100. The van der Waals surface area contributed by atoms with Gasteiger partial charge in [0, 0.05) is 38.6 Å². The summed E-state index contributed by atoms with van der Waals surface area (Å²) >= 11 is 0. The minimum absolute atomic E-state index is 0.187. The van der Waals surface area contributed by atoms with Gasteiger partial charge in [0.1, 0.15) is 0 Å². The van der Waals surface area contributed by atoms with Crippen LogP contribution in [0.2, 0.25) is 0 Å². The quantitative estimate of drug-likeness (QED) is 0.0541. The lowest BCUT2D eigenvalue weighted by atomic mass is 10.1. The average molecular weight is 1590 g/mol. The van der Waals surface area contributed by atoms with E-state index in [0.717, 1.165) is 53.0 Å². The molecule has 0 saturated heterocycles. The maximum absolute atomic E-state index is 11.1. The van der Waals surface area contributed by atoms with Gasteiger partial charge in [0.2, 0.25) is 47.1 Å². The van der Waals surface area contributed by atoms with Gasteiger partial charge in [-0.25, -0.2) is 43.5 Å². The number of nitrogens with zero attached hydrogens (tertiary/aromatic N) is 25. The Hall–Kier alpha value is -17.2. The molecular formula is C77H63N29O12. The molecule has 0 atom stereocenters. The van der Waals surface area contributed by atoms with E-state index in [2.05, 4.69) is 129 Å². The number of carboxylic acid groups (broad SMARTS) is 1. The van der Waals surface area contributed by atoms with E-state index in [9.17, 15) is 4.79 Å². The number of nitrogens with two attached hydrogens (primary N) is 4. The Morgan fingerprint density at radius 1 is 0.356 bits per heavy atom. The number of furan rings is 4. The van der Waals surface area contributed by atoms with E-state index in [1.807, 2.05) is 62.7 Å². The number of aromatic carboxylic acids is 1. The number of nitrogen functional groups attached to an aromatic ring is 4. The molecule has 0 aliphatic heterocycles. The molecule has 0 spiro atoms. The van der Waals surface area contributed by atoms with Crippen LogP contribution in [0.25, 0.3) is 113 Å². The molecule has 0 aliphatic carbocycles. The number of hydrogen-bond acceptors (Lipinski definition) is 32. The van der Waals surface area contributed by atoms with Crippen LogP contribution in [-0.2, 0) is 87.1 Å². The molecule has 0 fully saturated rings. The minimum Gasteiger partial charge on any atom is -0.478 e. The molecule has 20 aromatic rings. The number of pyridine rings is 1. The molecule has 588 valence electrons. The van der Waals surface area contributed by atoms with Crippen LogP contribution in [0.5, 0.6) is 0 Å². The number of aryl methyl sites for hydroxylation is 9. The Kier molecular flexibility index (Phi) is 23.3. The van der Waals surface area contributed by atoms with Crippen LogP contribution in [0.4, 0.5) is 23.8 Å². The van der Waals surface area contributed by atoms with Crippen molar-refractivity contribution < 1.29 is 56.3 Å². The van der Waals surface area contributed by atoms with Crippen molar-refractivity contribution in [2.45, 2.75) is 65.2 Å². The molecule has 17 heterocycles. The molecule has 0 bridgehead atoms. The highest BCUT2D eigenvalue weighted by atomic mass is 16.4.